The van der Waals surface area contributed by atoms with E-state index in [0.717, 1.165) is 18.5 Å². The molecule has 0 fully saturated rings. The molecule has 0 bridgehead atoms. The van der Waals surface area contributed by atoms with Crippen LogP contribution in [0.2, 0.25) is 0 Å². The quantitative estimate of drug-likeness (QED) is 0.682. The molecule has 1 aromatic carbocycles. The van der Waals surface area contributed by atoms with Gasteiger partial charge in [0.2, 0.25) is 0 Å². The van der Waals surface area contributed by atoms with E-state index in [0.29, 0.717) is 17.7 Å². The van der Waals surface area contributed by atoms with Crippen molar-refractivity contribution in [2.75, 3.05) is 13.7 Å². The molecular weight excluding hydrogens is 265 g/mol. The largest absolute Gasteiger partial charge is 0.494 e. The average molecular weight is 295 g/mol. The van der Waals surface area contributed by atoms with Crippen LogP contribution in [0, 0.1) is 11.7 Å². The van der Waals surface area contributed by atoms with Crippen molar-refractivity contribution in [3.63, 3.8) is 0 Å². The summed E-state index contributed by atoms with van der Waals surface area (Å²) in [6.45, 7) is 7.47. The fourth-order valence-electron chi connectivity index (χ4n) is 3.06. The molecule has 0 aliphatic carbocycles. The first-order valence-electron chi connectivity index (χ1n) is 8.22. The summed E-state index contributed by atoms with van der Waals surface area (Å²) < 4.78 is 19.4. The summed E-state index contributed by atoms with van der Waals surface area (Å²) in [7, 11) is 1.51. The maximum absolute atomic E-state index is 14.4. The monoisotopic (exact) mass is 295 g/mol. The van der Waals surface area contributed by atoms with Gasteiger partial charge in [-0.1, -0.05) is 45.7 Å². The minimum absolute atomic E-state index is 0.213. The van der Waals surface area contributed by atoms with E-state index in [1.165, 1.54) is 32.8 Å². The van der Waals surface area contributed by atoms with Crippen LogP contribution in [-0.4, -0.2) is 19.7 Å². The lowest BCUT2D eigenvalue weighted by Crippen LogP contribution is -2.38. The summed E-state index contributed by atoms with van der Waals surface area (Å²) in [6.07, 6.45) is 5.45. The lowest BCUT2D eigenvalue weighted by atomic mass is 9.86. The molecule has 0 saturated carbocycles. The van der Waals surface area contributed by atoms with E-state index in [2.05, 4.69) is 26.1 Å². The van der Waals surface area contributed by atoms with Crippen LogP contribution >= 0.6 is 0 Å². The molecule has 1 atom stereocenters. The molecule has 0 radical (unpaired) electrons. The van der Waals surface area contributed by atoms with Crippen LogP contribution in [0.25, 0.3) is 0 Å². The van der Waals surface area contributed by atoms with Crippen molar-refractivity contribution in [3.05, 3.63) is 29.6 Å². The predicted octanol–water partition coefficient (Wildman–Crippen LogP) is 4.57. The van der Waals surface area contributed by atoms with Crippen LogP contribution in [0.15, 0.2) is 18.2 Å². The SMILES string of the molecule is CCCC(CCC)C(Cc1cccc(OC)c1F)NCC. The van der Waals surface area contributed by atoms with E-state index in [1.54, 1.807) is 6.07 Å². The summed E-state index contributed by atoms with van der Waals surface area (Å²) in [5.74, 6) is 0.727. The first-order valence-corrected chi connectivity index (χ1v) is 8.22. The second-order valence-electron chi connectivity index (χ2n) is 5.64. The molecule has 21 heavy (non-hydrogen) atoms. The summed E-state index contributed by atoms with van der Waals surface area (Å²) in [5, 5.41) is 3.56. The van der Waals surface area contributed by atoms with E-state index in [-0.39, 0.29) is 5.82 Å². The van der Waals surface area contributed by atoms with Gasteiger partial charge in [-0.05, 0) is 43.4 Å². The number of nitrogens with one attached hydrogen (secondary N) is 1. The number of ether oxygens (including phenoxy) is 1. The number of likely N-dealkylation sites (N-methyl/N-ethyl adjacent to an activating group) is 1. The average Bonchev–Trinajstić information content (AvgIpc) is 2.48. The number of methoxy groups -OCH3 is 1. The summed E-state index contributed by atoms with van der Waals surface area (Å²) >= 11 is 0. The van der Waals surface area contributed by atoms with Crippen molar-refractivity contribution in [2.45, 2.75) is 58.9 Å². The van der Waals surface area contributed by atoms with E-state index < -0.39 is 0 Å². The number of halogens is 1. The van der Waals surface area contributed by atoms with Gasteiger partial charge in [0.25, 0.3) is 0 Å². The zero-order chi connectivity index (χ0) is 15.7. The van der Waals surface area contributed by atoms with Crippen LogP contribution in [0.5, 0.6) is 5.75 Å². The first kappa shape index (κ1) is 18.0. The van der Waals surface area contributed by atoms with Gasteiger partial charge in [0.15, 0.2) is 11.6 Å². The maximum Gasteiger partial charge on any atom is 0.168 e. The van der Waals surface area contributed by atoms with Crippen LogP contribution in [0.1, 0.15) is 52.0 Å². The van der Waals surface area contributed by atoms with Crippen LogP contribution in [0.3, 0.4) is 0 Å². The van der Waals surface area contributed by atoms with Gasteiger partial charge in [0, 0.05) is 6.04 Å². The third kappa shape index (κ3) is 5.31. The fraction of sp³-hybridized carbons (Fsp3) is 0.667. The van der Waals surface area contributed by atoms with E-state index in [1.807, 2.05) is 12.1 Å². The number of hydrogen-bond donors (Lipinski definition) is 1. The van der Waals surface area contributed by atoms with Crippen molar-refractivity contribution in [3.8, 4) is 5.75 Å². The number of rotatable bonds is 10. The molecule has 0 aromatic heterocycles. The topological polar surface area (TPSA) is 21.3 Å². The van der Waals surface area contributed by atoms with Crippen molar-refractivity contribution < 1.29 is 9.13 Å². The molecule has 0 aliphatic heterocycles. The molecule has 1 N–H and O–H groups in total. The first-order chi connectivity index (χ1) is 10.2. The third-order valence-corrected chi connectivity index (χ3v) is 4.06. The molecule has 3 heteroatoms. The minimum Gasteiger partial charge on any atom is -0.494 e. The highest BCUT2D eigenvalue weighted by atomic mass is 19.1. The second kappa shape index (κ2) is 9.78. The van der Waals surface area contributed by atoms with E-state index in [4.69, 9.17) is 4.74 Å². The van der Waals surface area contributed by atoms with Gasteiger partial charge < -0.3 is 10.1 Å². The van der Waals surface area contributed by atoms with Crippen LogP contribution in [0.4, 0.5) is 4.39 Å². The Hall–Kier alpha value is -1.09. The Balaban J connectivity index is 2.90. The summed E-state index contributed by atoms with van der Waals surface area (Å²) in [4.78, 5) is 0. The Morgan fingerprint density at radius 2 is 1.81 bits per heavy atom. The predicted molar refractivity (Wildman–Crippen MR) is 87.4 cm³/mol. The normalized spacial score (nSPS) is 12.7. The molecular formula is C18H30FNO. The lowest BCUT2D eigenvalue weighted by Gasteiger charge is -2.28. The second-order valence-corrected chi connectivity index (χ2v) is 5.64. The van der Waals surface area contributed by atoms with Crippen LogP contribution in [-0.2, 0) is 6.42 Å². The Morgan fingerprint density at radius 1 is 1.14 bits per heavy atom. The molecule has 0 amide bonds. The van der Waals surface area contributed by atoms with Gasteiger partial charge in [-0.3, -0.25) is 0 Å². The number of benzene rings is 1. The van der Waals surface area contributed by atoms with Gasteiger partial charge >= 0.3 is 0 Å². The van der Waals surface area contributed by atoms with Gasteiger partial charge in [0.05, 0.1) is 7.11 Å². The smallest absolute Gasteiger partial charge is 0.168 e. The Kier molecular flexibility index (Phi) is 8.36. The highest BCUT2D eigenvalue weighted by Crippen LogP contribution is 2.25. The molecule has 1 rings (SSSR count). The minimum atomic E-state index is -0.213. The third-order valence-electron chi connectivity index (χ3n) is 4.06. The molecule has 0 spiro atoms. The Bertz CT molecular complexity index is 402. The molecule has 120 valence electrons. The van der Waals surface area contributed by atoms with E-state index in [9.17, 15) is 4.39 Å². The fourth-order valence-corrected chi connectivity index (χ4v) is 3.06. The van der Waals surface area contributed by atoms with Gasteiger partial charge in [-0.2, -0.15) is 0 Å². The van der Waals surface area contributed by atoms with Crippen molar-refractivity contribution >= 4 is 0 Å². The molecule has 1 aromatic rings. The highest BCUT2D eigenvalue weighted by molar-refractivity contribution is 5.31. The number of hydrogen-bond acceptors (Lipinski definition) is 2. The molecule has 0 heterocycles. The van der Waals surface area contributed by atoms with Gasteiger partial charge in [-0.15, -0.1) is 0 Å². The standard InChI is InChI=1S/C18H30FNO/c1-5-9-14(10-6-2)16(20-7-3)13-15-11-8-12-17(21-4)18(15)19/h8,11-12,14,16,20H,5-7,9-10,13H2,1-4H3. The van der Waals surface area contributed by atoms with Crippen molar-refractivity contribution in [2.24, 2.45) is 5.92 Å². The Labute approximate surface area is 129 Å². The molecule has 0 saturated heterocycles. The summed E-state index contributed by atoms with van der Waals surface area (Å²) in [6, 6.07) is 5.75. The molecule has 0 aliphatic rings. The Morgan fingerprint density at radius 3 is 2.33 bits per heavy atom. The lowest BCUT2D eigenvalue weighted by molar-refractivity contribution is 0.308. The highest BCUT2D eigenvalue weighted by Gasteiger charge is 2.21. The van der Waals surface area contributed by atoms with Crippen molar-refractivity contribution in [1.82, 2.24) is 5.32 Å². The van der Waals surface area contributed by atoms with Gasteiger partial charge in [0.1, 0.15) is 0 Å². The summed E-state index contributed by atoms with van der Waals surface area (Å²) in [5.41, 5.74) is 0.748. The van der Waals surface area contributed by atoms with Crippen molar-refractivity contribution in [1.29, 1.82) is 0 Å². The van der Waals surface area contributed by atoms with Gasteiger partial charge in [-0.25, -0.2) is 4.39 Å². The maximum atomic E-state index is 14.4. The molecule has 2 nitrogen and oxygen atoms in total. The molecule has 1 unspecified atom stereocenters. The zero-order valence-electron chi connectivity index (χ0n) is 13.9. The zero-order valence-corrected chi connectivity index (χ0v) is 13.9. The van der Waals surface area contributed by atoms with E-state index >= 15 is 0 Å². The van der Waals surface area contributed by atoms with Crippen LogP contribution < -0.4 is 10.1 Å².